The predicted molar refractivity (Wildman–Crippen MR) is 113 cm³/mol. The molecule has 0 saturated carbocycles. The topological polar surface area (TPSA) is 111 Å². The van der Waals surface area contributed by atoms with Crippen molar-refractivity contribution in [3.8, 4) is 17.3 Å². The zero-order valence-corrected chi connectivity index (χ0v) is 16.9. The summed E-state index contributed by atoms with van der Waals surface area (Å²) in [6.07, 6.45) is -5.47. The summed E-state index contributed by atoms with van der Waals surface area (Å²) < 4.78 is 45.3. The molecule has 33 heavy (non-hydrogen) atoms. The molecule has 0 aliphatic heterocycles. The smallest absolute Gasteiger partial charge is 0.417 e. The molecule has 1 amide bonds. The van der Waals surface area contributed by atoms with Gasteiger partial charge in [-0.1, -0.05) is 18.2 Å². The van der Waals surface area contributed by atoms with Gasteiger partial charge in [-0.3, -0.25) is 4.79 Å². The van der Waals surface area contributed by atoms with Crippen LogP contribution in [0.1, 0.15) is 17.2 Å². The van der Waals surface area contributed by atoms with Crippen molar-refractivity contribution in [1.29, 1.82) is 0 Å². The molecule has 170 valence electrons. The summed E-state index contributed by atoms with van der Waals surface area (Å²) in [6, 6.07) is 15.7. The van der Waals surface area contributed by atoms with Gasteiger partial charge in [0.2, 0.25) is 11.8 Å². The third kappa shape index (κ3) is 4.52. The van der Waals surface area contributed by atoms with Crippen LogP contribution >= 0.6 is 0 Å². The minimum atomic E-state index is -4.48. The quantitative estimate of drug-likeness (QED) is 0.409. The molecule has 0 radical (unpaired) electrons. The highest BCUT2D eigenvalue weighted by Gasteiger charge is 2.31. The van der Waals surface area contributed by atoms with Crippen molar-refractivity contribution >= 4 is 16.8 Å². The highest BCUT2D eigenvalue weighted by Crippen LogP contribution is 2.32. The Morgan fingerprint density at radius 2 is 1.73 bits per heavy atom. The van der Waals surface area contributed by atoms with E-state index < -0.39 is 29.9 Å². The van der Waals surface area contributed by atoms with Gasteiger partial charge < -0.3 is 25.3 Å². The number of carbonyl (C=O) groups is 1. The van der Waals surface area contributed by atoms with E-state index in [1.54, 1.807) is 59.3 Å². The highest BCUT2D eigenvalue weighted by atomic mass is 19.4. The molecule has 0 bridgehead atoms. The molecule has 2 aromatic carbocycles. The minimum absolute atomic E-state index is 0.00742. The summed E-state index contributed by atoms with van der Waals surface area (Å²) in [4.78, 5) is 15.0. The number of halogens is 3. The lowest BCUT2D eigenvalue weighted by molar-refractivity contribution is -0.137. The molecule has 0 aliphatic rings. The number of pyridine rings is 1. The van der Waals surface area contributed by atoms with Crippen LogP contribution < -0.4 is 10.5 Å². The fourth-order valence-electron chi connectivity index (χ4n) is 3.38. The first kappa shape index (κ1) is 22.3. The number of nitrogens with two attached hydrogens (primary N) is 1. The second-order valence-corrected chi connectivity index (χ2v) is 7.24. The Morgan fingerprint density at radius 1 is 1.03 bits per heavy atom. The Labute approximate surface area is 185 Å². The van der Waals surface area contributed by atoms with Crippen LogP contribution in [-0.2, 0) is 11.0 Å². The molecule has 2 heterocycles. The summed E-state index contributed by atoms with van der Waals surface area (Å²) >= 11 is 0. The number of hydrogen-bond acceptors (Lipinski definition) is 5. The lowest BCUT2D eigenvalue weighted by Crippen LogP contribution is -2.33. The number of ether oxygens (including phenoxy) is 1. The van der Waals surface area contributed by atoms with Crippen molar-refractivity contribution in [3.63, 3.8) is 0 Å². The van der Waals surface area contributed by atoms with Gasteiger partial charge in [0.1, 0.15) is 11.9 Å². The van der Waals surface area contributed by atoms with E-state index in [-0.39, 0.29) is 5.88 Å². The van der Waals surface area contributed by atoms with E-state index in [9.17, 15) is 28.2 Å². The Bertz CT molecular complexity index is 1290. The molecule has 0 saturated heterocycles. The van der Waals surface area contributed by atoms with Crippen molar-refractivity contribution < 1.29 is 32.9 Å². The van der Waals surface area contributed by atoms with Crippen LogP contribution in [0.15, 0.2) is 73.1 Å². The molecule has 4 rings (SSSR count). The predicted octanol–water partition coefficient (Wildman–Crippen LogP) is 3.72. The maximum Gasteiger partial charge on any atom is 0.417 e. The summed E-state index contributed by atoms with van der Waals surface area (Å²) in [6.45, 7) is 0. The zero-order chi connectivity index (χ0) is 23.8. The van der Waals surface area contributed by atoms with Crippen LogP contribution in [0, 0.1) is 0 Å². The second-order valence-electron chi connectivity index (χ2n) is 7.24. The van der Waals surface area contributed by atoms with Crippen molar-refractivity contribution in [2.45, 2.75) is 18.4 Å². The maximum atomic E-state index is 12.7. The van der Waals surface area contributed by atoms with Gasteiger partial charge in [0.05, 0.1) is 11.1 Å². The van der Waals surface area contributed by atoms with E-state index in [2.05, 4.69) is 4.98 Å². The van der Waals surface area contributed by atoms with E-state index in [1.165, 1.54) is 0 Å². The molecule has 10 heteroatoms. The zero-order valence-electron chi connectivity index (χ0n) is 16.9. The first-order valence-corrected chi connectivity index (χ1v) is 9.72. The van der Waals surface area contributed by atoms with Gasteiger partial charge >= 0.3 is 6.18 Å². The number of amides is 1. The number of aromatic nitrogens is 2. The van der Waals surface area contributed by atoms with E-state index in [0.717, 1.165) is 12.1 Å². The minimum Gasteiger partial charge on any atom is -0.439 e. The third-order valence-corrected chi connectivity index (χ3v) is 5.05. The van der Waals surface area contributed by atoms with Crippen LogP contribution in [0.3, 0.4) is 0 Å². The summed E-state index contributed by atoms with van der Waals surface area (Å²) in [5.41, 5.74) is 5.95. The lowest BCUT2D eigenvalue weighted by atomic mass is 10.0. The van der Waals surface area contributed by atoms with Crippen molar-refractivity contribution in [2.24, 2.45) is 5.73 Å². The molecule has 7 nitrogen and oxygen atoms in total. The fourth-order valence-corrected chi connectivity index (χ4v) is 3.38. The molecule has 2 aromatic heterocycles. The van der Waals surface area contributed by atoms with E-state index in [4.69, 9.17) is 10.5 Å². The van der Waals surface area contributed by atoms with Gasteiger partial charge in [0.15, 0.2) is 6.10 Å². The maximum absolute atomic E-state index is 12.7. The summed E-state index contributed by atoms with van der Waals surface area (Å²) in [5.74, 6) is -0.683. The van der Waals surface area contributed by atoms with Gasteiger partial charge in [-0.2, -0.15) is 13.2 Å². The summed E-state index contributed by atoms with van der Waals surface area (Å²) in [5, 5.41) is 21.0. The third-order valence-electron chi connectivity index (χ3n) is 5.05. The normalized spacial score (nSPS) is 13.6. The van der Waals surface area contributed by atoms with Gasteiger partial charge in [0.25, 0.3) is 0 Å². The van der Waals surface area contributed by atoms with Crippen LogP contribution in [-0.4, -0.2) is 31.8 Å². The average molecular weight is 457 g/mol. The molecular formula is C23H18F3N3O4. The van der Waals surface area contributed by atoms with E-state index in [1.807, 2.05) is 0 Å². The van der Waals surface area contributed by atoms with Crippen LogP contribution in [0.4, 0.5) is 13.2 Å². The number of primary amides is 1. The highest BCUT2D eigenvalue weighted by molar-refractivity contribution is 5.87. The number of aliphatic hydroxyl groups excluding tert-OH is 2. The first-order valence-electron chi connectivity index (χ1n) is 9.72. The molecule has 0 aliphatic carbocycles. The molecular weight excluding hydrogens is 439 g/mol. The number of nitrogens with zero attached hydrogens (tertiary/aromatic N) is 2. The van der Waals surface area contributed by atoms with Crippen molar-refractivity contribution in [3.05, 3.63) is 84.2 Å². The van der Waals surface area contributed by atoms with Gasteiger partial charge in [-0.15, -0.1) is 0 Å². The number of carbonyl (C=O) groups excluding carboxylic acids is 1. The largest absolute Gasteiger partial charge is 0.439 e. The van der Waals surface area contributed by atoms with Crippen molar-refractivity contribution in [2.75, 3.05) is 0 Å². The van der Waals surface area contributed by atoms with Crippen LogP contribution in [0.5, 0.6) is 11.6 Å². The first-order chi connectivity index (χ1) is 15.6. The van der Waals surface area contributed by atoms with Gasteiger partial charge in [-0.05, 0) is 36.4 Å². The molecule has 4 aromatic rings. The molecule has 0 fully saturated rings. The number of fused-ring (bicyclic) bond motifs is 1. The van der Waals surface area contributed by atoms with Gasteiger partial charge in [0, 0.05) is 35.1 Å². The average Bonchev–Trinajstić information content (AvgIpc) is 3.18. The number of aliphatic hydroxyl groups is 2. The van der Waals surface area contributed by atoms with Crippen LogP contribution in [0.2, 0.25) is 0 Å². The Hall–Kier alpha value is -3.89. The SMILES string of the molecule is NC(=O)C(O)[C@H](O)c1cn(-c2ccc(Oc3ccc(C(F)(F)F)cn3)cc2)c2ccccc12. The lowest BCUT2D eigenvalue weighted by Gasteiger charge is -2.14. The number of para-hydroxylation sites is 1. The number of rotatable bonds is 6. The number of benzene rings is 2. The number of hydrogen-bond donors (Lipinski definition) is 3. The second kappa shape index (κ2) is 8.57. The molecule has 0 spiro atoms. The fraction of sp³-hybridized carbons (Fsp3) is 0.130. The summed E-state index contributed by atoms with van der Waals surface area (Å²) in [7, 11) is 0. The molecule has 1 unspecified atom stereocenters. The van der Waals surface area contributed by atoms with E-state index >= 15 is 0 Å². The number of alkyl halides is 3. The monoisotopic (exact) mass is 457 g/mol. The van der Waals surface area contributed by atoms with E-state index in [0.29, 0.717) is 34.1 Å². The Morgan fingerprint density at radius 3 is 2.33 bits per heavy atom. The van der Waals surface area contributed by atoms with Crippen molar-refractivity contribution in [1.82, 2.24) is 9.55 Å². The van der Waals surface area contributed by atoms with Gasteiger partial charge in [-0.25, -0.2) is 4.98 Å². The Kier molecular flexibility index (Phi) is 5.79. The molecule has 2 atom stereocenters. The van der Waals surface area contributed by atoms with Crippen LogP contribution in [0.25, 0.3) is 16.6 Å². The molecule has 4 N–H and O–H groups in total. The Balaban J connectivity index is 1.61. The standard InChI is InChI=1S/C23H18F3N3O4/c24-23(25,26)13-5-10-19(28-11-13)33-15-8-6-14(7-9-15)29-12-17(20(30)21(31)22(27)32)16-3-1-2-4-18(16)29/h1-12,20-21,30-31H,(H2,27,32)/t20-,21?/m1/s1.